The van der Waals surface area contributed by atoms with E-state index >= 15 is 0 Å². The van der Waals surface area contributed by atoms with Crippen molar-refractivity contribution in [2.24, 2.45) is 0 Å². The molecule has 4 aliphatic heterocycles. The number of dihydropyridines is 1. The molecule has 16 nitrogen and oxygen atoms in total. The quantitative estimate of drug-likeness (QED) is 0.192. The summed E-state index contributed by atoms with van der Waals surface area (Å²) < 4.78 is 20.8. The molecule has 16 heteroatoms. The number of para-hydroxylation sites is 1. The molecular formula is C32H35N5O11. The number of methoxy groups -OCH3 is 4. The predicted molar refractivity (Wildman–Crippen MR) is 165 cm³/mol. The van der Waals surface area contributed by atoms with Crippen molar-refractivity contribution in [3.63, 3.8) is 0 Å². The molecule has 0 aromatic heterocycles. The number of carbonyl (C=O) groups excluding carboxylic acids is 7. The molecule has 3 amide bonds. The average Bonchev–Trinajstić information content (AvgIpc) is 3.62. The fraction of sp³-hybridized carbons (Fsp3) is 0.406. The molecule has 254 valence electrons. The predicted octanol–water partition coefficient (Wildman–Crippen LogP) is 0.137. The van der Waals surface area contributed by atoms with E-state index in [1.807, 2.05) is 0 Å². The van der Waals surface area contributed by atoms with Crippen molar-refractivity contribution >= 4 is 52.7 Å². The van der Waals surface area contributed by atoms with Crippen LogP contribution in [0.25, 0.3) is 5.57 Å². The Morgan fingerprint density at radius 1 is 0.833 bits per heavy atom. The molecule has 48 heavy (non-hydrogen) atoms. The van der Waals surface area contributed by atoms with Gasteiger partial charge in [0.1, 0.15) is 17.9 Å². The molecule has 0 bridgehead atoms. The first-order valence-electron chi connectivity index (χ1n) is 14.9. The van der Waals surface area contributed by atoms with Gasteiger partial charge in [0.15, 0.2) is 22.8 Å². The normalized spacial score (nSPS) is 18.9. The molecule has 1 aromatic carbocycles. The third kappa shape index (κ3) is 4.86. The van der Waals surface area contributed by atoms with E-state index in [1.165, 1.54) is 12.0 Å². The number of likely N-dealkylation sites (tertiary alicyclic amines) is 1. The number of imide groups is 1. The summed E-state index contributed by atoms with van der Waals surface area (Å²) in [5.41, 5.74) is -4.09. The molecule has 3 N–H and O–H groups in total. The molecule has 4 aliphatic rings. The van der Waals surface area contributed by atoms with Crippen molar-refractivity contribution in [3.05, 3.63) is 52.1 Å². The molecule has 1 fully saturated rings. The number of allylic oxidation sites excluding steroid dienone is 1. The van der Waals surface area contributed by atoms with Crippen LogP contribution in [0.15, 0.2) is 46.6 Å². The summed E-state index contributed by atoms with van der Waals surface area (Å²) >= 11 is 0. The van der Waals surface area contributed by atoms with Gasteiger partial charge in [-0.2, -0.15) is 0 Å². The van der Waals surface area contributed by atoms with Crippen molar-refractivity contribution in [1.82, 2.24) is 20.9 Å². The number of fused-ring (bicyclic) bond motifs is 3. The summed E-state index contributed by atoms with van der Waals surface area (Å²) in [7, 11) is 4.68. The van der Waals surface area contributed by atoms with Crippen LogP contribution in [0.4, 0.5) is 5.69 Å². The minimum atomic E-state index is -2.07. The van der Waals surface area contributed by atoms with Crippen molar-refractivity contribution in [2.45, 2.75) is 51.2 Å². The number of Topliss-reactive ketones (excluding diaryl/α,β-unsaturated/α-hetero) is 1. The number of anilines is 1. The second-order valence-corrected chi connectivity index (χ2v) is 11.6. The van der Waals surface area contributed by atoms with E-state index in [1.54, 1.807) is 39.0 Å². The summed E-state index contributed by atoms with van der Waals surface area (Å²) in [4.78, 5) is 95.3. The Bertz CT molecular complexity index is 1740. The van der Waals surface area contributed by atoms with Crippen LogP contribution in [0, 0.1) is 0 Å². The first-order chi connectivity index (χ1) is 22.7. The average molecular weight is 666 g/mol. The van der Waals surface area contributed by atoms with Gasteiger partial charge in [-0.05, 0) is 19.9 Å². The number of hydrogen-bond donors (Lipinski definition) is 3. The second-order valence-electron chi connectivity index (χ2n) is 11.6. The van der Waals surface area contributed by atoms with Gasteiger partial charge in [0.05, 0.1) is 45.4 Å². The number of nitrogens with zero attached hydrogens (tertiary/aromatic N) is 2. The number of ether oxygens (including phenoxy) is 4. The molecule has 0 atom stereocenters. The lowest BCUT2D eigenvalue weighted by Crippen LogP contribution is -2.65. The van der Waals surface area contributed by atoms with Crippen LogP contribution < -0.4 is 25.6 Å². The van der Waals surface area contributed by atoms with Gasteiger partial charge in [0, 0.05) is 36.1 Å². The summed E-state index contributed by atoms with van der Waals surface area (Å²) in [5, 5.41) is 9.04. The molecular weight excluding hydrogens is 630 g/mol. The zero-order valence-corrected chi connectivity index (χ0v) is 27.4. The van der Waals surface area contributed by atoms with Gasteiger partial charge in [0.25, 0.3) is 0 Å². The topological polar surface area (TPSA) is 199 Å². The van der Waals surface area contributed by atoms with Crippen molar-refractivity contribution in [3.8, 4) is 5.75 Å². The van der Waals surface area contributed by atoms with E-state index in [2.05, 4.69) is 16.0 Å². The number of esters is 3. The van der Waals surface area contributed by atoms with Crippen molar-refractivity contribution < 1.29 is 52.5 Å². The number of hydrogen-bond acceptors (Lipinski definition) is 14. The maximum Gasteiger partial charge on any atom is 0.356 e. The monoisotopic (exact) mass is 665 g/mol. The Labute approximate surface area is 275 Å². The first kappa shape index (κ1) is 33.7. The Morgan fingerprint density at radius 2 is 1.40 bits per heavy atom. The maximum atomic E-state index is 14.3. The third-order valence-corrected chi connectivity index (χ3v) is 8.72. The Balaban J connectivity index is 1.86. The second kappa shape index (κ2) is 12.2. The van der Waals surface area contributed by atoms with E-state index in [4.69, 9.17) is 18.9 Å². The van der Waals surface area contributed by atoms with E-state index in [0.29, 0.717) is 0 Å². The van der Waals surface area contributed by atoms with Crippen LogP contribution in [0.5, 0.6) is 5.75 Å². The van der Waals surface area contributed by atoms with Crippen LogP contribution in [0.2, 0.25) is 0 Å². The molecule has 1 aromatic rings. The van der Waals surface area contributed by atoms with Crippen molar-refractivity contribution in [1.29, 1.82) is 0 Å². The van der Waals surface area contributed by atoms with Gasteiger partial charge in [-0.15, -0.1) is 0 Å². The van der Waals surface area contributed by atoms with Gasteiger partial charge in [-0.3, -0.25) is 29.0 Å². The fourth-order valence-electron chi connectivity index (χ4n) is 6.53. The lowest BCUT2D eigenvalue weighted by atomic mass is 9.73. The summed E-state index contributed by atoms with van der Waals surface area (Å²) in [6.45, 7) is 4.29. The molecule has 0 saturated carbocycles. The van der Waals surface area contributed by atoms with Gasteiger partial charge in [-0.25, -0.2) is 14.4 Å². The highest BCUT2D eigenvalue weighted by Crippen LogP contribution is 2.54. The highest BCUT2D eigenvalue weighted by atomic mass is 16.5. The number of rotatable bonds is 8. The number of amides is 3. The Hall–Kier alpha value is -5.67. The zero-order valence-electron chi connectivity index (χ0n) is 27.4. The summed E-state index contributed by atoms with van der Waals surface area (Å²) in [6.07, 6.45) is -0.128. The number of nitrogens with one attached hydrogen (secondary N) is 3. The largest absolute Gasteiger partial charge is 0.495 e. The minimum absolute atomic E-state index is 0.0201. The van der Waals surface area contributed by atoms with Crippen LogP contribution in [0.3, 0.4) is 0 Å². The zero-order chi connectivity index (χ0) is 35.3. The standard InChI is InChI=1S/C32H35N5O11/c1-8-16(38)23-22(28(42)46-5)32(34-24(29(43)47-6)25(35-32)30(44)48-7)21-15-10-9-11-17(45-4)26(15)37(31(2,3)27(21)33-23)20(41)14-36-18(39)12-13-19(36)40/h9-11,33-35H,8,12-14H2,1-7H3. The van der Waals surface area contributed by atoms with E-state index < -0.39 is 70.6 Å². The maximum absolute atomic E-state index is 14.3. The molecule has 1 saturated heterocycles. The lowest BCUT2D eigenvalue weighted by Gasteiger charge is -2.52. The molecule has 0 unspecified atom stereocenters. The number of carbonyl (C=O) groups is 7. The highest BCUT2D eigenvalue weighted by molar-refractivity contribution is 6.15. The van der Waals surface area contributed by atoms with Gasteiger partial charge in [-0.1, -0.05) is 19.1 Å². The Morgan fingerprint density at radius 3 is 1.90 bits per heavy atom. The molecule has 0 aliphatic carbocycles. The van der Waals surface area contributed by atoms with Crippen LogP contribution in [0.1, 0.15) is 45.6 Å². The van der Waals surface area contributed by atoms with Gasteiger partial charge >= 0.3 is 17.9 Å². The van der Waals surface area contributed by atoms with E-state index in [0.717, 1.165) is 26.2 Å². The molecule has 5 rings (SSSR count). The minimum Gasteiger partial charge on any atom is -0.495 e. The molecule has 1 spiro atoms. The molecule has 0 radical (unpaired) electrons. The highest BCUT2D eigenvalue weighted by Gasteiger charge is 2.60. The fourth-order valence-corrected chi connectivity index (χ4v) is 6.53. The Kier molecular flexibility index (Phi) is 8.54. The van der Waals surface area contributed by atoms with E-state index in [-0.39, 0.29) is 58.8 Å². The smallest absolute Gasteiger partial charge is 0.356 e. The van der Waals surface area contributed by atoms with Crippen molar-refractivity contribution in [2.75, 3.05) is 39.9 Å². The molecule has 4 heterocycles. The lowest BCUT2D eigenvalue weighted by molar-refractivity contribution is -0.142. The summed E-state index contributed by atoms with van der Waals surface area (Å²) in [5.74, 6) is -4.97. The third-order valence-electron chi connectivity index (χ3n) is 8.72. The van der Waals surface area contributed by atoms with Gasteiger partial charge in [0.2, 0.25) is 17.7 Å². The number of benzene rings is 1. The number of ketones is 1. The van der Waals surface area contributed by atoms with E-state index in [9.17, 15) is 33.6 Å². The van der Waals surface area contributed by atoms with Gasteiger partial charge < -0.3 is 34.9 Å². The summed E-state index contributed by atoms with van der Waals surface area (Å²) in [6, 6.07) is 4.81. The first-order valence-corrected chi connectivity index (χ1v) is 14.9. The van der Waals surface area contributed by atoms with Crippen LogP contribution >= 0.6 is 0 Å². The van der Waals surface area contributed by atoms with Crippen LogP contribution in [-0.2, 0) is 47.8 Å². The SMILES string of the molecule is CCC(=O)C1=C(C(=O)OC)C2(NC(C(=O)OC)=C(C(=O)OC)N2)C2=C(N1)C(C)(C)N(C(=O)CN1C(=O)CCC1=O)c1c(OC)cccc12. The van der Waals surface area contributed by atoms with Crippen LogP contribution in [-0.4, -0.2) is 92.5 Å².